The Morgan fingerprint density at radius 1 is 1.24 bits per heavy atom. The summed E-state index contributed by atoms with van der Waals surface area (Å²) >= 11 is 5.13. The van der Waals surface area contributed by atoms with Gasteiger partial charge in [0.25, 0.3) is 5.69 Å². The molecule has 108 valence electrons. The number of halogens is 1. The molecule has 2 rings (SSSR count). The Hall–Kier alpha value is -2.54. The van der Waals surface area contributed by atoms with Crippen molar-refractivity contribution in [2.75, 3.05) is 10.6 Å². The molecule has 0 aliphatic carbocycles. The Kier molecular flexibility index (Phi) is 4.44. The zero-order valence-corrected chi connectivity index (χ0v) is 11.9. The molecule has 21 heavy (non-hydrogen) atoms. The van der Waals surface area contributed by atoms with Crippen molar-refractivity contribution in [3.8, 4) is 0 Å². The van der Waals surface area contributed by atoms with E-state index in [-0.39, 0.29) is 16.6 Å². The van der Waals surface area contributed by atoms with E-state index in [1.807, 2.05) is 0 Å². The Morgan fingerprint density at radius 2 is 2.00 bits per heavy atom. The van der Waals surface area contributed by atoms with Crippen molar-refractivity contribution in [3.05, 3.63) is 64.0 Å². The average molecular weight is 305 g/mol. The van der Waals surface area contributed by atoms with Crippen LogP contribution in [0.4, 0.5) is 21.5 Å². The summed E-state index contributed by atoms with van der Waals surface area (Å²) < 4.78 is 13.1. The van der Waals surface area contributed by atoms with E-state index < -0.39 is 4.92 Å². The van der Waals surface area contributed by atoms with E-state index in [2.05, 4.69) is 10.6 Å². The highest BCUT2D eigenvalue weighted by Crippen LogP contribution is 2.21. The molecule has 0 heterocycles. The van der Waals surface area contributed by atoms with Gasteiger partial charge in [-0.15, -0.1) is 0 Å². The zero-order chi connectivity index (χ0) is 15.4. The van der Waals surface area contributed by atoms with Gasteiger partial charge in [0.05, 0.1) is 4.92 Å². The van der Waals surface area contributed by atoms with Gasteiger partial charge in [0.1, 0.15) is 5.82 Å². The van der Waals surface area contributed by atoms with Gasteiger partial charge in [0, 0.05) is 23.5 Å². The lowest BCUT2D eigenvalue weighted by atomic mass is 10.2. The van der Waals surface area contributed by atoms with Crippen LogP contribution in [0.3, 0.4) is 0 Å². The van der Waals surface area contributed by atoms with E-state index in [9.17, 15) is 14.5 Å². The first-order chi connectivity index (χ1) is 9.95. The van der Waals surface area contributed by atoms with Crippen LogP contribution in [0, 0.1) is 22.9 Å². The van der Waals surface area contributed by atoms with Crippen molar-refractivity contribution in [2.24, 2.45) is 0 Å². The number of rotatable bonds is 3. The van der Waals surface area contributed by atoms with Crippen LogP contribution < -0.4 is 10.6 Å². The Balaban J connectivity index is 2.08. The van der Waals surface area contributed by atoms with E-state index in [1.165, 1.54) is 24.3 Å². The molecule has 2 N–H and O–H groups in total. The number of nitrogens with one attached hydrogen (secondary N) is 2. The normalized spacial score (nSPS) is 10.0. The van der Waals surface area contributed by atoms with E-state index in [0.29, 0.717) is 16.9 Å². The van der Waals surface area contributed by atoms with Gasteiger partial charge in [-0.3, -0.25) is 10.1 Å². The summed E-state index contributed by atoms with van der Waals surface area (Å²) in [6.07, 6.45) is 0. The molecule has 7 heteroatoms. The van der Waals surface area contributed by atoms with Crippen LogP contribution in [0.5, 0.6) is 0 Å². The number of nitro groups is 1. The number of hydrogen-bond donors (Lipinski definition) is 2. The van der Waals surface area contributed by atoms with Crippen LogP contribution >= 0.6 is 12.2 Å². The molecule has 0 spiro atoms. The highest BCUT2D eigenvalue weighted by Gasteiger charge is 2.09. The largest absolute Gasteiger partial charge is 0.332 e. The van der Waals surface area contributed by atoms with E-state index in [4.69, 9.17) is 12.2 Å². The van der Waals surface area contributed by atoms with Gasteiger partial charge in [-0.05, 0) is 49.0 Å². The van der Waals surface area contributed by atoms with Crippen LogP contribution in [0.25, 0.3) is 0 Å². The first kappa shape index (κ1) is 14.9. The van der Waals surface area contributed by atoms with Crippen LogP contribution in [0.2, 0.25) is 0 Å². The number of aryl methyl sites for hydroxylation is 1. The summed E-state index contributed by atoms with van der Waals surface area (Å²) in [7, 11) is 0. The lowest BCUT2D eigenvalue weighted by Gasteiger charge is -2.12. The van der Waals surface area contributed by atoms with Crippen molar-refractivity contribution in [2.45, 2.75) is 6.92 Å². The molecule has 0 saturated heterocycles. The van der Waals surface area contributed by atoms with E-state index in [1.54, 1.807) is 25.1 Å². The number of nitro benzene ring substituents is 1. The van der Waals surface area contributed by atoms with Crippen molar-refractivity contribution in [1.82, 2.24) is 0 Å². The Morgan fingerprint density at radius 3 is 2.62 bits per heavy atom. The molecule has 0 atom stereocenters. The smallest absolute Gasteiger partial charge is 0.269 e. The Labute approximate surface area is 125 Å². The summed E-state index contributed by atoms with van der Waals surface area (Å²) in [5, 5.41) is 16.7. The van der Waals surface area contributed by atoms with Crippen molar-refractivity contribution >= 4 is 34.4 Å². The summed E-state index contributed by atoms with van der Waals surface area (Å²) in [4.78, 5) is 10.2. The number of thiocarbonyl (C=S) groups is 1. The molecule has 0 radical (unpaired) electrons. The van der Waals surface area contributed by atoms with Gasteiger partial charge < -0.3 is 10.6 Å². The van der Waals surface area contributed by atoms with Crippen LogP contribution in [-0.2, 0) is 0 Å². The SMILES string of the molecule is Cc1cc([N+](=O)[O-])ccc1NC(=S)Nc1cccc(F)c1. The molecule has 2 aromatic rings. The maximum Gasteiger partial charge on any atom is 0.269 e. The van der Waals surface area contributed by atoms with E-state index >= 15 is 0 Å². The van der Waals surface area contributed by atoms with Crippen LogP contribution in [0.15, 0.2) is 42.5 Å². The molecule has 0 bridgehead atoms. The van der Waals surface area contributed by atoms with Gasteiger partial charge in [-0.2, -0.15) is 0 Å². The number of non-ortho nitro benzene ring substituents is 1. The summed E-state index contributed by atoms with van der Waals surface area (Å²) in [6, 6.07) is 10.3. The molecule has 0 aromatic heterocycles. The predicted molar refractivity (Wildman–Crippen MR) is 84.1 cm³/mol. The van der Waals surface area contributed by atoms with Gasteiger partial charge in [0.15, 0.2) is 5.11 Å². The summed E-state index contributed by atoms with van der Waals surface area (Å²) in [5.41, 5.74) is 1.87. The minimum absolute atomic E-state index is 0.0158. The third-order valence-corrected chi connectivity index (χ3v) is 2.96. The fourth-order valence-electron chi connectivity index (χ4n) is 1.75. The van der Waals surface area contributed by atoms with Crippen LogP contribution in [-0.4, -0.2) is 10.0 Å². The third-order valence-electron chi connectivity index (χ3n) is 2.75. The second kappa shape index (κ2) is 6.27. The molecule has 0 unspecified atom stereocenters. The number of nitrogens with zero attached hydrogens (tertiary/aromatic N) is 1. The summed E-state index contributed by atoms with van der Waals surface area (Å²) in [5.74, 6) is -0.366. The van der Waals surface area contributed by atoms with Gasteiger partial charge in [-0.1, -0.05) is 6.07 Å². The van der Waals surface area contributed by atoms with Crippen molar-refractivity contribution in [3.63, 3.8) is 0 Å². The van der Waals surface area contributed by atoms with Crippen molar-refractivity contribution < 1.29 is 9.31 Å². The molecule has 0 saturated carbocycles. The quantitative estimate of drug-likeness (QED) is 0.512. The van der Waals surface area contributed by atoms with Gasteiger partial charge in [-0.25, -0.2) is 4.39 Å². The molecule has 0 aliphatic heterocycles. The number of anilines is 2. The molecule has 0 amide bonds. The average Bonchev–Trinajstić information content (AvgIpc) is 2.40. The van der Waals surface area contributed by atoms with Gasteiger partial charge >= 0.3 is 0 Å². The van der Waals surface area contributed by atoms with Gasteiger partial charge in [0.2, 0.25) is 0 Å². The topological polar surface area (TPSA) is 67.2 Å². The Bertz CT molecular complexity index is 706. The minimum atomic E-state index is -0.458. The molecular weight excluding hydrogens is 293 g/mol. The molecular formula is C14H12FN3O2S. The second-order valence-electron chi connectivity index (χ2n) is 4.35. The predicted octanol–water partition coefficient (Wildman–Crippen LogP) is 3.85. The standard InChI is InChI=1S/C14H12FN3O2S/c1-9-7-12(18(19)20)5-6-13(9)17-14(21)16-11-4-2-3-10(15)8-11/h2-8H,1H3,(H2,16,17,21). The number of benzene rings is 2. The monoisotopic (exact) mass is 305 g/mol. The first-order valence-corrected chi connectivity index (χ1v) is 6.45. The molecule has 2 aromatic carbocycles. The molecule has 0 fully saturated rings. The zero-order valence-electron chi connectivity index (χ0n) is 11.1. The third kappa shape index (κ3) is 3.96. The highest BCUT2D eigenvalue weighted by atomic mass is 32.1. The second-order valence-corrected chi connectivity index (χ2v) is 4.75. The lowest BCUT2D eigenvalue weighted by molar-refractivity contribution is -0.384. The lowest BCUT2D eigenvalue weighted by Crippen LogP contribution is -2.19. The number of hydrogen-bond acceptors (Lipinski definition) is 3. The molecule has 5 nitrogen and oxygen atoms in total. The maximum absolute atomic E-state index is 13.1. The fourth-order valence-corrected chi connectivity index (χ4v) is 1.98. The first-order valence-electron chi connectivity index (χ1n) is 6.04. The molecule has 0 aliphatic rings. The van der Waals surface area contributed by atoms with Crippen molar-refractivity contribution in [1.29, 1.82) is 0 Å². The maximum atomic E-state index is 13.1. The summed E-state index contributed by atoms with van der Waals surface area (Å²) in [6.45, 7) is 1.74. The highest BCUT2D eigenvalue weighted by molar-refractivity contribution is 7.80. The fraction of sp³-hybridized carbons (Fsp3) is 0.0714. The van der Waals surface area contributed by atoms with Crippen LogP contribution in [0.1, 0.15) is 5.56 Å². The minimum Gasteiger partial charge on any atom is -0.332 e. The van der Waals surface area contributed by atoms with E-state index in [0.717, 1.165) is 0 Å².